The lowest BCUT2D eigenvalue weighted by atomic mass is 10.2. The lowest BCUT2D eigenvalue weighted by Crippen LogP contribution is -2.27. The average molecular weight is 264 g/mol. The molecular formula is C14H17FN2O2. The molecule has 0 aliphatic rings. The molecule has 0 heterocycles. The maximum atomic E-state index is 12.8. The van der Waals surface area contributed by atoms with Crippen molar-refractivity contribution in [3.8, 4) is 11.8 Å². The summed E-state index contributed by atoms with van der Waals surface area (Å²) in [7, 11) is 0. The first-order chi connectivity index (χ1) is 9.11. The van der Waals surface area contributed by atoms with Crippen molar-refractivity contribution in [1.29, 1.82) is 5.26 Å². The minimum Gasteiger partial charge on any atom is -0.493 e. The molecule has 0 aromatic heterocycles. The molecule has 1 aromatic carbocycles. The zero-order valence-corrected chi connectivity index (χ0v) is 10.9. The molecular weight excluding hydrogens is 247 g/mol. The molecule has 5 heteroatoms. The highest BCUT2D eigenvalue weighted by Crippen LogP contribution is 2.12. The van der Waals surface area contributed by atoms with Crippen LogP contribution >= 0.6 is 0 Å². The predicted molar refractivity (Wildman–Crippen MR) is 68.9 cm³/mol. The monoisotopic (exact) mass is 264 g/mol. The first-order valence-electron chi connectivity index (χ1n) is 6.16. The molecule has 0 bridgehead atoms. The summed E-state index contributed by atoms with van der Waals surface area (Å²) in [5.74, 6) is -0.184. The highest BCUT2D eigenvalue weighted by atomic mass is 19.1. The number of nitrogens with zero attached hydrogens (tertiary/aromatic N) is 1. The fraction of sp³-hybridized carbons (Fsp3) is 0.429. The van der Waals surface area contributed by atoms with Gasteiger partial charge in [0.15, 0.2) is 0 Å². The number of halogens is 1. The fourth-order valence-corrected chi connectivity index (χ4v) is 1.38. The third kappa shape index (κ3) is 6.41. The smallest absolute Gasteiger partial charge is 0.220 e. The molecule has 0 radical (unpaired) electrons. The number of nitriles is 1. The van der Waals surface area contributed by atoms with Crippen LogP contribution in [0.5, 0.6) is 5.75 Å². The van der Waals surface area contributed by atoms with Gasteiger partial charge >= 0.3 is 0 Å². The second kappa shape index (κ2) is 8.09. The minimum absolute atomic E-state index is 0.107. The molecule has 0 fully saturated rings. The minimum atomic E-state index is -0.347. The van der Waals surface area contributed by atoms with Crippen LogP contribution in [0.4, 0.5) is 4.39 Å². The van der Waals surface area contributed by atoms with Gasteiger partial charge in [-0.15, -0.1) is 0 Å². The molecule has 1 aromatic rings. The highest BCUT2D eigenvalue weighted by Gasteiger charge is 2.04. The number of hydrogen-bond acceptors (Lipinski definition) is 3. The lowest BCUT2D eigenvalue weighted by Gasteiger charge is -2.07. The molecule has 0 saturated carbocycles. The van der Waals surface area contributed by atoms with Crippen molar-refractivity contribution < 1.29 is 13.9 Å². The molecule has 1 rings (SSSR count). The van der Waals surface area contributed by atoms with Gasteiger partial charge in [0, 0.05) is 19.0 Å². The molecule has 1 amide bonds. The molecule has 0 saturated heterocycles. The summed E-state index contributed by atoms with van der Waals surface area (Å²) in [6, 6.07) is 7.92. The summed E-state index contributed by atoms with van der Waals surface area (Å²) in [6.45, 7) is 2.46. The van der Waals surface area contributed by atoms with Gasteiger partial charge < -0.3 is 10.1 Å². The summed E-state index contributed by atoms with van der Waals surface area (Å²) in [5.41, 5.74) is 0. The van der Waals surface area contributed by atoms with Crippen molar-refractivity contribution >= 4 is 5.91 Å². The van der Waals surface area contributed by atoms with Crippen LogP contribution in [0, 0.1) is 23.1 Å². The van der Waals surface area contributed by atoms with Crippen molar-refractivity contribution in [2.75, 3.05) is 13.2 Å². The topological polar surface area (TPSA) is 62.1 Å². The van der Waals surface area contributed by atoms with Crippen LogP contribution in [-0.2, 0) is 4.79 Å². The van der Waals surface area contributed by atoms with Crippen LogP contribution < -0.4 is 10.1 Å². The maximum Gasteiger partial charge on any atom is 0.220 e. The Morgan fingerprint density at radius 2 is 2.37 bits per heavy atom. The van der Waals surface area contributed by atoms with Crippen molar-refractivity contribution in [3.05, 3.63) is 30.1 Å². The van der Waals surface area contributed by atoms with Crippen LogP contribution in [0.3, 0.4) is 0 Å². The molecule has 1 N–H and O–H groups in total. The predicted octanol–water partition coefficient (Wildman–Crippen LogP) is 2.26. The third-order valence-corrected chi connectivity index (χ3v) is 2.44. The van der Waals surface area contributed by atoms with Gasteiger partial charge in [-0.05, 0) is 25.5 Å². The van der Waals surface area contributed by atoms with Gasteiger partial charge in [-0.2, -0.15) is 5.26 Å². The van der Waals surface area contributed by atoms with Crippen molar-refractivity contribution in [2.24, 2.45) is 5.92 Å². The van der Waals surface area contributed by atoms with E-state index in [-0.39, 0.29) is 17.6 Å². The van der Waals surface area contributed by atoms with Gasteiger partial charge in [0.1, 0.15) is 11.6 Å². The first kappa shape index (κ1) is 15.0. The van der Waals surface area contributed by atoms with E-state index >= 15 is 0 Å². The van der Waals surface area contributed by atoms with Crippen LogP contribution in [0.25, 0.3) is 0 Å². The van der Waals surface area contributed by atoms with Crippen LogP contribution in [0.15, 0.2) is 24.3 Å². The first-order valence-corrected chi connectivity index (χ1v) is 6.16. The summed E-state index contributed by atoms with van der Waals surface area (Å²) >= 11 is 0. The second-order valence-electron chi connectivity index (χ2n) is 4.24. The molecule has 102 valence electrons. The quantitative estimate of drug-likeness (QED) is 0.768. The van der Waals surface area contributed by atoms with Gasteiger partial charge in [-0.1, -0.05) is 6.07 Å². The van der Waals surface area contributed by atoms with E-state index in [1.54, 1.807) is 19.1 Å². The number of ether oxygens (including phenoxy) is 1. The normalized spacial score (nSPS) is 11.4. The van der Waals surface area contributed by atoms with Crippen LogP contribution in [0.1, 0.15) is 19.8 Å². The van der Waals surface area contributed by atoms with E-state index in [0.29, 0.717) is 31.7 Å². The summed E-state index contributed by atoms with van der Waals surface area (Å²) in [6.07, 6.45) is 0.872. The zero-order chi connectivity index (χ0) is 14.1. The Morgan fingerprint density at radius 3 is 3.05 bits per heavy atom. The number of nitrogens with one attached hydrogen (secondary N) is 1. The van der Waals surface area contributed by atoms with Crippen LogP contribution in [0.2, 0.25) is 0 Å². The van der Waals surface area contributed by atoms with E-state index in [4.69, 9.17) is 10.00 Å². The Labute approximate surface area is 112 Å². The molecule has 4 nitrogen and oxygen atoms in total. The zero-order valence-electron chi connectivity index (χ0n) is 10.9. The van der Waals surface area contributed by atoms with Crippen LogP contribution in [-0.4, -0.2) is 19.1 Å². The van der Waals surface area contributed by atoms with Gasteiger partial charge in [0.05, 0.1) is 18.6 Å². The molecule has 1 atom stereocenters. The molecule has 0 aliphatic carbocycles. The number of carbonyl (C=O) groups excluding carboxylic acids is 1. The van der Waals surface area contributed by atoms with E-state index in [0.717, 1.165) is 0 Å². The molecule has 19 heavy (non-hydrogen) atoms. The summed E-state index contributed by atoms with van der Waals surface area (Å²) in [4.78, 5) is 11.4. The van der Waals surface area contributed by atoms with E-state index in [2.05, 4.69) is 5.32 Å². The summed E-state index contributed by atoms with van der Waals surface area (Å²) in [5, 5.41) is 11.2. The van der Waals surface area contributed by atoms with Crippen molar-refractivity contribution in [2.45, 2.75) is 19.8 Å². The maximum absolute atomic E-state index is 12.8. The Balaban J connectivity index is 2.14. The number of carbonyl (C=O) groups is 1. The van der Waals surface area contributed by atoms with Gasteiger partial charge in [0.25, 0.3) is 0 Å². The Morgan fingerprint density at radius 1 is 1.58 bits per heavy atom. The molecule has 0 spiro atoms. The SMILES string of the molecule is CC(C#N)CNC(=O)CCCOc1cccc(F)c1. The van der Waals surface area contributed by atoms with E-state index < -0.39 is 0 Å². The number of amides is 1. The van der Waals surface area contributed by atoms with Crippen molar-refractivity contribution in [3.63, 3.8) is 0 Å². The largest absolute Gasteiger partial charge is 0.493 e. The highest BCUT2D eigenvalue weighted by molar-refractivity contribution is 5.75. The Hall–Kier alpha value is -2.09. The second-order valence-corrected chi connectivity index (χ2v) is 4.24. The van der Waals surface area contributed by atoms with Crippen molar-refractivity contribution in [1.82, 2.24) is 5.32 Å². The Kier molecular flexibility index (Phi) is 6.37. The standard InChI is InChI=1S/C14H17FN2O2/c1-11(9-16)10-17-14(18)6-3-7-19-13-5-2-4-12(15)8-13/h2,4-5,8,11H,3,6-7,10H2,1H3,(H,17,18). The number of rotatable bonds is 7. The van der Waals surface area contributed by atoms with Gasteiger partial charge in [0.2, 0.25) is 5.91 Å². The molecule has 0 aliphatic heterocycles. The third-order valence-electron chi connectivity index (χ3n) is 2.44. The van der Waals surface area contributed by atoms with Gasteiger partial charge in [-0.25, -0.2) is 4.39 Å². The van der Waals surface area contributed by atoms with E-state index in [9.17, 15) is 9.18 Å². The lowest BCUT2D eigenvalue weighted by molar-refractivity contribution is -0.121. The molecule has 1 unspecified atom stereocenters. The van der Waals surface area contributed by atoms with Gasteiger partial charge in [-0.3, -0.25) is 4.79 Å². The van der Waals surface area contributed by atoms with E-state index in [1.807, 2.05) is 6.07 Å². The summed E-state index contributed by atoms with van der Waals surface area (Å²) < 4.78 is 18.2. The number of benzene rings is 1. The number of hydrogen-bond donors (Lipinski definition) is 1. The Bertz CT molecular complexity index is 457. The fourth-order valence-electron chi connectivity index (χ4n) is 1.38. The van der Waals surface area contributed by atoms with E-state index in [1.165, 1.54) is 12.1 Å². The average Bonchev–Trinajstić information content (AvgIpc) is 2.41.